The van der Waals surface area contributed by atoms with Crippen molar-refractivity contribution in [3.8, 4) is 0 Å². The fourth-order valence-electron chi connectivity index (χ4n) is 3.10. The molecule has 0 amide bonds. The monoisotopic (exact) mass is 318 g/mol. The van der Waals surface area contributed by atoms with E-state index >= 15 is 0 Å². The van der Waals surface area contributed by atoms with E-state index in [4.69, 9.17) is 0 Å². The highest BCUT2D eigenvalue weighted by Gasteiger charge is 2.24. The van der Waals surface area contributed by atoms with E-state index in [1.54, 1.807) is 0 Å². The molecule has 1 aromatic heterocycles. The summed E-state index contributed by atoms with van der Waals surface area (Å²) in [7, 11) is 0. The van der Waals surface area contributed by atoms with Gasteiger partial charge in [0.15, 0.2) is 0 Å². The van der Waals surface area contributed by atoms with Crippen molar-refractivity contribution in [2.75, 3.05) is 19.6 Å². The molecule has 0 bridgehead atoms. The number of benzene rings is 1. The van der Waals surface area contributed by atoms with Crippen molar-refractivity contribution in [2.24, 2.45) is 0 Å². The molecule has 22 heavy (non-hydrogen) atoms. The van der Waals surface area contributed by atoms with E-state index in [9.17, 15) is 4.39 Å². The summed E-state index contributed by atoms with van der Waals surface area (Å²) in [6.45, 7) is 5.45. The highest BCUT2D eigenvalue weighted by molar-refractivity contribution is 7.10. The van der Waals surface area contributed by atoms with Gasteiger partial charge in [-0.1, -0.05) is 18.2 Å². The zero-order chi connectivity index (χ0) is 15.4. The first-order valence-corrected chi connectivity index (χ1v) is 8.88. The lowest BCUT2D eigenvalue weighted by Crippen LogP contribution is -2.34. The van der Waals surface area contributed by atoms with Gasteiger partial charge in [-0.3, -0.25) is 4.90 Å². The van der Waals surface area contributed by atoms with Gasteiger partial charge in [0.05, 0.1) is 6.04 Å². The molecule has 1 N–H and O–H groups in total. The van der Waals surface area contributed by atoms with Gasteiger partial charge in [-0.05, 0) is 62.0 Å². The molecule has 2 unspecified atom stereocenters. The van der Waals surface area contributed by atoms with Crippen LogP contribution in [0.5, 0.6) is 0 Å². The molecule has 2 heterocycles. The number of nitrogens with zero attached hydrogens (tertiary/aromatic N) is 1. The summed E-state index contributed by atoms with van der Waals surface area (Å²) < 4.78 is 13.0. The van der Waals surface area contributed by atoms with Crippen LogP contribution < -0.4 is 5.32 Å². The molecule has 2 nitrogen and oxygen atoms in total. The maximum atomic E-state index is 13.0. The van der Waals surface area contributed by atoms with E-state index in [1.807, 2.05) is 23.5 Å². The standard InChI is InChI=1S/C18H23FN2S/c1-14(15-6-8-16(19)9-7-15)20-13-17(18-5-4-12-22-18)21-10-2-3-11-21/h4-9,12,14,17,20H,2-3,10-11,13H2,1H3. The van der Waals surface area contributed by atoms with Gasteiger partial charge in [-0.2, -0.15) is 0 Å². The minimum Gasteiger partial charge on any atom is -0.308 e. The normalized spacial score (nSPS) is 18.5. The van der Waals surface area contributed by atoms with Gasteiger partial charge in [0.25, 0.3) is 0 Å². The summed E-state index contributed by atoms with van der Waals surface area (Å²) in [4.78, 5) is 4.01. The third kappa shape index (κ3) is 3.75. The lowest BCUT2D eigenvalue weighted by molar-refractivity contribution is 0.237. The van der Waals surface area contributed by atoms with Crippen LogP contribution in [0, 0.1) is 5.82 Å². The molecule has 1 aliphatic rings. The molecule has 2 atom stereocenters. The van der Waals surface area contributed by atoms with Crippen LogP contribution in [0.15, 0.2) is 41.8 Å². The van der Waals surface area contributed by atoms with Crippen molar-refractivity contribution in [1.29, 1.82) is 0 Å². The Morgan fingerprint density at radius 3 is 2.55 bits per heavy atom. The first kappa shape index (κ1) is 15.7. The molecule has 0 spiro atoms. The first-order chi connectivity index (χ1) is 10.7. The third-order valence-electron chi connectivity index (χ3n) is 4.44. The first-order valence-electron chi connectivity index (χ1n) is 8.00. The molecule has 0 radical (unpaired) electrons. The van der Waals surface area contributed by atoms with E-state index in [-0.39, 0.29) is 11.9 Å². The number of rotatable bonds is 6. The maximum absolute atomic E-state index is 13.0. The lowest BCUT2D eigenvalue weighted by atomic mass is 10.1. The summed E-state index contributed by atoms with van der Waals surface area (Å²) in [6.07, 6.45) is 2.60. The fraction of sp³-hybridized carbons (Fsp3) is 0.444. The average Bonchev–Trinajstić information content (AvgIpc) is 3.22. The topological polar surface area (TPSA) is 15.3 Å². The van der Waals surface area contributed by atoms with Gasteiger partial charge in [0, 0.05) is 17.5 Å². The van der Waals surface area contributed by atoms with Crippen molar-refractivity contribution in [3.63, 3.8) is 0 Å². The summed E-state index contributed by atoms with van der Waals surface area (Å²) in [5, 5.41) is 5.78. The van der Waals surface area contributed by atoms with Gasteiger partial charge >= 0.3 is 0 Å². The van der Waals surface area contributed by atoms with Crippen molar-refractivity contribution < 1.29 is 4.39 Å². The van der Waals surface area contributed by atoms with Gasteiger partial charge in [-0.25, -0.2) is 4.39 Å². The van der Waals surface area contributed by atoms with Crippen LogP contribution in [-0.2, 0) is 0 Å². The van der Waals surface area contributed by atoms with Crippen LogP contribution in [0.25, 0.3) is 0 Å². The Morgan fingerprint density at radius 2 is 1.91 bits per heavy atom. The Labute approximate surface area is 136 Å². The molecule has 118 valence electrons. The van der Waals surface area contributed by atoms with Gasteiger partial charge < -0.3 is 5.32 Å². The molecule has 4 heteroatoms. The van der Waals surface area contributed by atoms with Crippen molar-refractivity contribution in [3.05, 3.63) is 58.0 Å². The zero-order valence-corrected chi connectivity index (χ0v) is 13.8. The smallest absolute Gasteiger partial charge is 0.123 e. The molecule has 0 aliphatic carbocycles. The molecule has 0 saturated carbocycles. The molecule has 1 aromatic carbocycles. The summed E-state index contributed by atoms with van der Waals surface area (Å²) in [6, 6.07) is 11.8. The van der Waals surface area contributed by atoms with Crippen LogP contribution >= 0.6 is 11.3 Å². The number of thiophene rings is 1. The lowest BCUT2D eigenvalue weighted by Gasteiger charge is -2.28. The summed E-state index contributed by atoms with van der Waals surface area (Å²) in [5.74, 6) is -0.176. The maximum Gasteiger partial charge on any atom is 0.123 e. The molecule has 1 saturated heterocycles. The van der Waals surface area contributed by atoms with E-state index in [2.05, 4.69) is 34.7 Å². The molecule has 1 fully saturated rings. The van der Waals surface area contributed by atoms with Crippen molar-refractivity contribution in [1.82, 2.24) is 10.2 Å². The van der Waals surface area contributed by atoms with E-state index in [1.165, 1.54) is 42.9 Å². The van der Waals surface area contributed by atoms with Crippen LogP contribution in [0.4, 0.5) is 4.39 Å². The number of likely N-dealkylation sites (tertiary alicyclic amines) is 1. The second-order valence-electron chi connectivity index (χ2n) is 5.96. The molecule has 3 rings (SSSR count). The highest BCUT2D eigenvalue weighted by atomic mass is 32.1. The number of nitrogens with one attached hydrogen (secondary N) is 1. The minimum absolute atomic E-state index is 0.176. The molecule has 2 aromatic rings. The quantitative estimate of drug-likeness (QED) is 0.850. The predicted molar refractivity (Wildman–Crippen MR) is 90.7 cm³/mol. The Kier molecular flexibility index (Phi) is 5.24. The largest absolute Gasteiger partial charge is 0.308 e. The van der Waals surface area contributed by atoms with Crippen LogP contribution in [-0.4, -0.2) is 24.5 Å². The second-order valence-corrected chi connectivity index (χ2v) is 6.94. The van der Waals surface area contributed by atoms with Gasteiger partial charge in [0.1, 0.15) is 5.82 Å². The number of hydrogen-bond donors (Lipinski definition) is 1. The minimum atomic E-state index is -0.176. The number of hydrogen-bond acceptors (Lipinski definition) is 3. The fourth-order valence-corrected chi connectivity index (χ4v) is 3.96. The predicted octanol–water partition coefficient (Wildman–Crippen LogP) is 4.37. The van der Waals surface area contributed by atoms with E-state index < -0.39 is 0 Å². The SMILES string of the molecule is CC(NCC(c1cccs1)N1CCCC1)c1ccc(F)cc1. The molecular weight excluding hydrogens is 295 g/mol. The number of halogens is 1. The molecule has 1 aliphatic heterocycles. The zero-order valence-electron chi connectivity index (χ0n) is 13.0. The molecular formula is C18H23FN2S. The Balaban J connectivity index is 1.64. The van der Waals surface area contributed by atoms with Crippen LogP contribution in [0.2, 0.25) is 0 Å². The van der Waals surface area contributed by atoms with Crippen LogP contribution in [0.1, 0.15) is 42.3 Å². The third-order valence-corrected chi connectivity index (χ3v) is 5.41. The van der Waals surface area contributed by atoms with Crippen LogP contribution in [0.3, 0.4) is 0 Å². The van der Waals surface area contributed by atoms with Gasteiger partial charge in [0.2, 0.25) is 0 Å². The van der Waals surface area contributed by atoms with E-state index in [0.717, 1.165) is 12.1 Å². The van der Waals surface area contributed by atoms with Crippen molar-refractivity contribution >= 4 is 11.3 Å². The Hall–Kier alpha value is -1.23. The van der Waals surface area contributed by atoms with E-state index in [0.29, 0.717) is 6.04 Å². The average molecular weight is 318 g/mol. The Bertz CT molecular complexity index is 561. The van der Waals surface area contributed by atoms with Gasteiger partial charge in [-0.15, -0.1) is 11.3 Å². The Morgan fingerprint density at radius 1 is 1.18 bits per heavy atom. The van der Waals surface area contributed by atoms with Crippen molar-refractivity contribution in [2.45, 2.75) is 31.8 Å². The second kappa shape index (κ2) is 7.36. The summed E-state index contributed by atoms with van der Waals surface area (Å²) in [5.41, 5.74) is 1.13. The summed E-state index contributed by atoms with van der Waals surface area (Å²) >= 11 is 1.84. The highest BCUT2D eigenvalue weighted by Crippen LogP contribution is 2.28.